The quantitative estimate of drug-likeness (QED) is 0.577. The fraction of sp³-hybridized carbons (Fsp3) is 1.00. The van der Waals surface area contributed by atoms with Gasteiger partial charge in [0.25, 0.3) is 0 Å². The van der Waals surface area contributed by atoms with Gasteiger partial charge in [0.15, 0.2) is 0 Å². The standard InChI is InChI=1S/C22H35NO4/c1-3-23-10-19(2)6-5-16(25)22-14(19)9-13(17(22)23)20-7-4-12(8-15(20)22)21(27,11-24)18(20)26/h12-18,24-27H,3-11H2,1-2H3/t12?,13?,14?,15?,16-,17?,18-,19-,20?,21-,22?/m0/s1. The SMILES string of the molecule is CCN1C[C@]2(C)CC[C@H](O)C34C1C(CC32)C12CCC(CC14)[C@@](O)(CO)[C@H]2O. The molecule has 11 atom stereocenters. The molecule has 0 aromatic rings. The maximum Gasteiger partial charge on any atom is 0.117 e. The normalized spacial score (nSPS) is 66.2. The van der Waals surface area contributed by atoms with E-state index in [9.17, 15) is 20.4 Å². The van der Waals surface area contributed by atoms with Crippen LogP contribution in [-0.2, 0) is 0 Å². The van der Waals surface area contributed by atoms with Gasteiger partial charge in [-0.1, -0.05) is 13.8 Å². The Balaban J connectivity index is 1.58. The molecular formula is C22H35NO4. The Morgan fingerprint density at radius 1 is 1.07 bits per heavy atom. The van der Waals surface area contributed by atoms with Crippen LogP contribution in [0.1, 0.15) is 52.4 Å². The Bertz CT molecular complexity index is 687. The van der Waals surface area contributed by atoms with Crippen molar-refractivity contribution < 1.29 is 20.4 Å². The van der Waals surface area contributed by atoms with E-state index in [2.05, 4.69) is 18.7 Å². The second-order valence-corrected chi connectivity index (χ2v) is 11.3. The summed E-state index contributed by atoms with van der Waals surface area (Å²) in [5.74, 6) is 1.10. The molecule has 1 heterocycles. The van der Waals surface area contributed by atoms with Gasteiger partial charge in [-0.2, -0.15) is 0 Å². The van der Waals surface area contributed by atoms with Crippen molar-refractivity contribution in [1.29, 1.82) is 0 Å². The summed E-state index contributed by atoms with van der Waals surface area (Å²) in [4.78, 5) is 2.63. The maximum atomic E-state index is 11.5. The van der Waals surface area contributed by atoms with Crippen LogP contribution in [0.4, 0.5) is 0 Å². The number of aliphatic hydroxyl groups is 4. The van der Waals surface area contributed by atoms with Crippen molar-refractivity contribution in [1.82, 2.24) is 4.90 Å². The molecule has 7 fully saturated rings. The summed E-state index contributed by atoms with van der Waals surface area (Å²) < 4.78 is 0. The van der Waals surface area contributed by atoms with Crippen LogP contribution < -0.4 is 0 Å². The number of hydrogen-bond donors (Lipinski definition) is 4. The van der Waals surface area contributed by atoms with Crippen molar-refractivity contribution in [3.63, 3.8) is 0 Å². The zero-order valence-corrected chi connectivity index (χ0v) is 16.6. The number of aliphatic hydroxyl groups excluding tert-OH is 3. The molecule has 27 heavy (non-hydrogen) atoms. The van der Waals surface area contributed by atoms with Crippen LogP contribution in [0.15, 0.2) is 0 Å². The van der Waals surface area contributed by atoms with Crippen molar-refractivity contribution in [2.75, 3.05) is 19.7 Å². The number of rotatable bonds is 2. The predicted molar refractivity (Wildman–Crippen MR) is 99.7 cm³/mol. The summed E-state index contributed by atoms with van der Waals surface area (Å²) in [5.41, 5.74) is -1.55. The summed E-state index contributed by atoms with van der Waals surface area (Å²) in [6.45, 7) is 6.43. The van der Waals surface area contributed by atoms with Gasteiger partial charge in [-0.15, -0.1) is 0 Å². The van der Waals surface area contributed by atoms with Gasteiger partial charge < -0.3 is 20.4 Å². The molecule has 7 rings (SSSR count). The highest BCUT2D eigenvalue weighted by molar-refractivity contribution is 5.35. The van der Waals surface area contributed by atoms with Crippen LogP contribution >= 0.6 is 0 Å². The third kappa shape index (κ3) is 1.53. The van der Waals surface area contributed by atoms with Crippen LogP contribution in [0, 0.1) is 39.9 Å². The van der Waals surface area contributed by atoms with Gasteiger partial charge in [-0.05, 0) is 74.2 Å². The third-order valence-corrected chi connectivity index (χ3v) is 11.1. The molecule has 1 saturated heterocycles. The number of likely N-dealkylation sites (tertiary alicyclic amines) is 1. The topological polar surface area (TPSA) is 84.2 Å². The second kappa shape index (κ2) is 4.92. The molecule has 152 valence electrons. The lowest BCUT2D eigenvalue weighted by Crippen LogP contribution is -2.74. The summed E-state index contributed by atoms with van der Waals surface area (Å²) in [6, 6.07) is 0.329. The van der Waals surface area contributed by atoms with E-state index in [1.807, 2.05) is 0 Å². The average Bonchev–Trinajstić information content (AvgIpc) is 3.12. The van der Waals surface area contributed by atoms with Crippen LogP contribution in [0.3, 0.4) is 0 Å². The second-order valence-electron chi connectivity index (χ2n) is 11.3. The Kier molecular flexibility index (Phi) is 3.21. The third-order valence-electron chi connectivity index (χ3n) is 11.1. The first kappa shape index (κ1) is 17.6. The summed E-state index contributed by atoms with van der Waals surface area (Å²) >= 11 is 0. The molecule has 5 nitrogen and oxygen atoms in total. The van der Waals surface area contributed by atoms with Gasteiger partial charge in [0.05, 0.1) is 18.8 Å². The van der Waals surface area contributed by atoms with Gasteiger partial charge in [0.2, 0.25) is 0 Å². The van der Waals surface area contributed by atoms with Crippen LogP contribution in [0.2, 0.25) is 0 Å². The Morgan fingerprint density at radius 2 is 1.85 bits per heavy atom. The fourth-order valence-corrected chi connectivity index (χ4v) is 10.4. The zero-order valence-electron chi connectivity index (χ0n) is 16.6. The molecule has 0 aromatic carbocycles. The fourth-order valence-electron chi connectivity index (χ4n) is 10.4. The first-order valence-corrected chi connectivity index (χ1v) is 11.2. The Hall–Kier alpha value is -0.200. The predicted octanol–water partition coefficient (Wildman–Crippen LogP) is 0.988. The van der Waals surface area contributed by atoms with Gasteiger partial charge >= 0.3 is 0 Å². The van der Waals surface area contributed by atoms with E-state index in [4.69, 9.17) is 0 Å². The number of nitrogens with zero attached hydrogens (tertiary/aromatic N) is 1. The smallest absolute Gasteiger partial charge is 0.117 e. The van der Waals surface area contributed by atoms with Crippen molar-refractivity contribution in [3.05, 3.63) is 0 Å². The molecule has 6 aliphatic carbocycles. The first-order chi connectivity index (χ1) is 12.8. The van der Waals surface area contributed by atoms with Crippen LogP contribution in [0.25, 0.3) is 0 Å². The molecular weight excluding hydrogens is 342 g/mol. The highest BCUT2D eigenvalue weighted by Gasteiger charge is 2.86. The molecule has 7 bridgehead atoms. The van der Waals surface area contributed by atoms with E-state index >= 15 is 0 Å². The minimum absolute atomic E-state index is 0.0470. The minimum atomic E-state index is -1.36. The lowest BCUT2D eigenvalue weighted by Gasteiger charge is -2.69. The average molecular weight is 378 g/mol. The van der Waals surface area contributed by atoms with E-state index < -0.39 is 11.7 Å². The first-order valence-electron chi connectivity index (χ1n) is 11.2. The monoisotopic (exact) mass is 377 g/mol. The van der Waals surface area contributed by atoms with Gasteiger partial charge in [0.1, 0.15) is 5.60 Å². The maximum absolute atomic E-state index is 11.5. The molecule has 7 unspecified atom stereocenters. The van der Waals surface area contributed by atoms with E-state index in [0.717, 1.165) is 51.6 Å². The van der Waals surface area contributed by atoms with Crippen molar-refractivity contribution in [3.8, 4) is 0 Å². The van der Waals surface area contributed by atoms with E-state index in [1.54, 1.807) is 0 Å². The minimum Gasteiger partial charge on any atom is -0.393 e. The summed E-state index contributed by atoms with van der Waals surface area (Å²) in [6.07, 6.45) is 4.61. The Labute approximate surface area is 161 Å². The van der Waals surface area contributed by atoms with Crippen LogP contribution in [-0.4, -0.2) is 68.9 Å². The number of hydrogen-bond acceptors (Lipinski definition) is 5. The molecule has 0 amide bonds. The molecule has 5 heteroatoms. The van der Waals surface area contributed by atoms with E-state index in [-0.39, 0.29) is 40.8 Å². The molecule has 0 radical (unpaired) electrons. The molecule has 2 spiro atoms. The van der Waals surface area contributed by atoms with Gasteiger partial charge in [0, 0.05) is 23.4 Å². The van der Waals surface area contributed by atoms with Gasteiger partial charge in [-0.3, -0.25) is 4.90 Å². The highest BCUT2D eigenvalue weighted by atomic mass is 16.4. The molecule has 1 aliphatic heterocycles. The van der Waals surface area contributed by atoms with Crippen molar-refractivity contribution in [2.24, 2.45) is 39.9 Å². The summed E-state index contributed by atoms with van der Waals surface area (Å²) in [5, 5.41) is 44.3. The van der Waals surface area contributed by atoms with Gasteiger partial charge in [-0.25, -0.2) is 0 Å². The number of piperidine rings is 1. The zero-order chi connectivity index (χ0) is 19.0. The van der Waals surface area contributed by atoms with E-state index in [0.29, 0.717) is 17.9 Å². The largest absolute Gasteiger partial charge is 0.393 e. The molecule has 6 saturated carbocycles. The number of fused-ring (bicyclic) bond motifs is 2. The molecule has 7 aliphatic rings. The van der Waals surface area contributed by atoms with Crippen molar-refractivity contribution in [2.45, 2.75) is 76.2 Å². The van der Waals surface area contributed by atoms with Crippen LogP contribution in [0.5, 0.6) is 0 Å². The molecule has 0 aromatic heterocycles. The Morgan fingerprint density at radius 3 is 2.56 bits per heavy atom. The lowest BCUT2D eigenvalue weighted by atomic mass is 9.38. The summed E-state index contributed by atoms with van der Waals surface area (Å²) in [7, 11) is 0. The van der Waals surface area contributed by atoms with E-state index in [1.165, 1.54) is 0 Å². The highest BCUT2D eigenvalue weighted by Crippen LogP contribution is 2.83. The van der Waals surface area contributed by atoms with Crippen molar-refractivity contribution >= 4 is 0 Å². The molecule has 4 N–H and O–H groups in total. The lowest BCUT2D eigenvalue weighted by molar-refractivity contribution is -0.297.